The van der Waals surface area contributed by atoms with E-state index < -0.39 is 0 Å². The van der Waals surface area contributed by atoms with Gasteiger partial charge in [0, 0.05) is 17.8 Å². The molecule has 0 heterocycles. The van der Waals surface area contributed by atoms with Gasteiger partial charge in [0.15, 0.2) is 0 Å². The normalized spacial score (nSPS) is 10.3. The minimum atomic E-state index is 0.170. The van der Waals surface area contributed by atoms with E-state index in [1.165, 1.54) is 12.8 Å². The zero-order valence-electron chi connectivity index (χ0n) is 12.7. The number of carbonyl (C=O) groups excluding carboxylic acids is 1. The van der Waals surface area contributed by atoms with E-state index in [0.29, 0.717) is 6.42 Å². The molecule has 1 amide bonds. The van der Waals surface area contributed by atoms with Gasteiger partial charge in [0.05, 0.1) is 0 Å². The van der Waals surface area contributed by atoms with Crippen molar-refractivity contribution in [2.24, 2.45) is 0 Å². The van der Waals surface area contributed by atoms with Crippen molar-refractivity contribution >= 4 is 17.3 Å². The van der Waals surface area contributed by atoms with Crippen LogP contribution in [-0.2, 0) is 4.79 Å². The van der Waals surface area contributed by atoms with E-state index >= 15 is 0 Å². The fraction of sp³-hybridized carbons (Fsp3) is 0.316. The Morgan fingerprint density at radius 2 is 1.33 bits per heavy atom. The molecule has 0 saturated carbocycles. The lowest BCUT2D eigenvalue weighted by Crippen LogP contribution is -2.25. The zero-order valence-corrected chi connectivity index (χ0v) is 12.7. The Morgan fingerprint density at radius 3 is 1.81 bits per heavy atom. The summed E-state index contributed by atoms with van der Waals surface area (Å²) in [4.78, 5) is 14.5. The predicted octanol–water partition coefficient (Wildman–Crippen LogP) is 5.32. The first kappa shape index (κ1) is 15.3. The van der Waals surface area contributed by atoms with Gasteiger partial charge in [-0.2, -0.15) is 0 Å². The molecule has 0 aliphatic rings. The monoisotopic (exact) mass is 281 g/mol. The van der Waals surface area contributed by atoms with Crippen LogP contribution in [0.25, 0.3) is 0 Å². The average molecular weight is 281 g/mol. The summed E-state index contributed by atoms with van der Waals surface area (Å²) in [6.07, 6.45) is 5.07. The Kier molecular flexibility index (Phi) is 6.01. The highest BCUT2D eigenvalue weighted by Gasteiger charge is 2.16. The minimum Gasteiger partial charge on any atom is -0.281 e. The summed E-state index contributed by atoms with van der Waals surface area (Å²) in [5.74, 6) is 0.170. The summed E-state index contributed by atoms with van der Waals surface area (Å²) < 4.78 is 0. The van der Waals surface area contributed by atoms with E-state index in [2.05, 4.69) is 6.92 Å². The molecule has 2 nitrogen and oxygen atoms in total. The van der Waals surface area contributed by atoms with Crippen LogP contribution in [0, 0.1) is 0 Å². The van der Waals surface area contributed by atoms with Crippen molar-refractivity contribution in [3.05, 3.63) is 60.7 Å². The van der Waals surface area contributed by atoms with Crippen LogP contribution in [-0.4, -0.2) is 5.91 Å². The van der Waals surface area contributed by atoms with E-state index in [4.69, 9.17) is 0 Å². The molecular formula is C19H23NO. The molecule has 0 atom stereocenters. The first-order valence-electron chi connectivity index (χ1n) is 7.76. The lowest BCUT2D eigenvalue weighted by molar-refractivity contribution is -0.118. The Morgan fingerprint density at radius 1 is 0.810 bits per heavy atom. The van der Waals surface area contributed by atoms with Crippen LogP contribution in [0.3, 0.4) is 0 Å². The van der Waals surface area contributed by atoms with E-state index in [9.17, 15) is 4.79 Å². The topological polar surface area (TPSA) is 20.3 Å². The van der Waals surface area contributed by atoms with Gasteiger partial charge < -0.3 is 0 Å². The van der Waals surface area contributed by atoms with Crippen LogP contribution in [0.1, 0.15) is 39.0 Å². The number of rotatable bonds is 7. The van der Waals surface area contributed by atoms with Gasteiger partial charge in [0.25, 0.3) is 0 Å². The van der Waals surface area contributed by atoms with Gasteiger partial charge in [-0.1, -0.05) is 62.6 Å². The molecule has 0 fully saturated rings. The number of carbonyl (C=O) groups is 1. The molecule has 0 N–H and O–H groups in total. The van der Waals surface area contributed by atoms with Crippen molar-refractivity contribution in [3.63, 3.8) is 0 Å². The molecule has 0 unspecified atom stereocenters. The number of benzene rings is 2. The maximum absolute atomic E-state index is 12.6. The number of anilines is 2. The fourth-order valence-corrected chi connectivity index (χ4v) is 2.41. The molecule has 0 aliphatic carbocycles. The zero-order chi connectivity index (χ0) is 14.9. The maximum atomic E-state index is 12.6. The van der Waals surface area contributed by atoms with E-state index in [0.717, 1.165) is 24.2 Å². The van der Waals surface area contributed by atoms with Crippen LogP contribution in [0.15, 0.2) is 60.7 Å². The van der Waals surface area contributed by atoms with Gasteiger partial charge in [0.2, 0.25) is 5.91 Å². The molecule has 2 aromatic rings. The summed E-state index contributed by atoms with van der Waals surface area (Å²) in [6.45, 7) is 2.18. The number of unbranched alkanes of at least 4 members (excludes halogenated alkanes) is 3. The van der Waals surface area contributed by atoms with E-state index in [1.54, 1.807) is 0 Å². The Hall–Kier alpha value is -2.09. The molecule has 0 bridgehead atoms. The second-order valence-electron chi connectivity index (χ2n) is 5.21. The lowest BCUT2D eigenvalue weighted by Gasteiger charge is -2.23. The van der Waals surface area contributed by atoms with Gasteiger partial charge in [-0.25, -0.2) is 0 Å². The predicted molar refractivity (Wildman–Crippen MR) is 88.8 cm³/mol. The van der Waals surface area contributed by atoms with Crippen LogP contribution in [0.2, 0.25) is 0 Å². The molecule has 0 spiro atoms. The minimum absolute atomic E-state index is 0.170. The van der Waals surface area contributed by atoms with Crippen molar-refractivity contribution in [2.75, 3.05) is 4.90 Å². The van der Waals surface area contributed by atoms with Gasteiger partial charge in [-0.05, 0) is 30.7 Å². The number of hydrogen-bond acceptors (Lipinski definition) is 1. The van der Waals surface area contributed by atoms with Crippen molar-refractivity contribution in [3.8, 4) is 0 Å². The van der Waals surface area contributed by atoms with Crippen molar-refractivity contribution in [1.29, 1.82) is 0 Å². The fourth-order valence-electron chi connectivity index (χ4n) is 2.41. The molecule has 2 aromatic carbocycles. The lowest BCUT2D eigenvalue weighted by atomic mass is 10.1. The highest BCUT2D eigenvalue weighted by atomic mass is 16.2. The Balaban J connectivity index is 2.15. The third kappa shape index (κ3) is 4.45. The standard InChI is InChI=1S/C19H23NO/c1-2-3-4-11-16-19(21)20(17-12-7-5-8-13-17)18-14-9-6-10-15-18/h5-10,12-15H,2-4,11,16H2,1H3. The quantitative estimate of drug-likeness (QED) is 0.629. The van der Waals surface area contributed by atoms with Crippen LogP contribution >= 0.6 is 0 Å². The molecular weight excluding hydrogens is 258 g/mol. The van der Waals surface area contributed by atoms with Gasteiger partial charge in [-0.3, -0.25) is 9.69 Å². The van der Waals surface area contributed by atoms with E-state index in [-0.39, 0.29) is 5.91 Å². The Labute approximate surface area is 127 Å². The molecule has 2 rings (SSSR count). The molecule has 110 valence electrons. The van der Waals surface area contributed by atoms with Gasteiger partial charge in [0.1, 0.15) is 0 Å². The second-order valence-corrected chi connectivity index (χ2v) is 5.21. The Bertz CT molecular complexity index is 497. The van der Waals surface area contributed by atoms with E-state index in [1.807, 2.05) is 65.6 Å². The summed E-state index contributed by atoms with van der Waals surface area (Å²) in [5.41, 5.74) is 1.87. The smallest absolute Gasteiger partial charge is 0.231 e. The first-order chi connectivity index (χ1) is 10.3. The molecule has 0 radical (unpaired) electrons. The maximum Gasteiger partial charge on any atom is 0.231 e. The van der Waals surface area contributed by atoms with Crippen molar-refractivity contribution in [2.45, 2.75) is 39.0 Å². The largest absolute Gasteiger partial charge is 0.281 e. The molecule has 2 heteroatoms. The van der Waals surface area contributed by atoms with Crippen LogP contribution in [0.4, 0.5) is 11.4 Å². The number of para-hydroxylation sites is 2. The van der Waals surface area contributed by atoms with Crippen LogP contribution < -0.4 is 4.90 Å². The van der Waals surface area contributed by atoms with Gasteiger partial charge in [-0.15, -0.1) is 0 Å². The molecule has 0 aromatic heterocycles. The summed E-state index contributed by atoms with van der Waals surface area (Å²) >= 11 is 0. The molecule has 0 aliphatic heterocycles. The molecule has 0 saturated heterocycles. The summed E-state index contributed by atoms with van der Waals surface area (Å²) in [5, 5.41) is 0. The number of nitrogens with zero attached hydrogens (tertiary/aromatic N) is 1. The van der Waals surface area contributed by atoms with Crippen molar-refractivity contribution in [1.82, 2.24) is 0 Å². The third-order valence-corrected chi connectivity index (χ3v) is 3.52. The summed E-state index contributed by atoms with van der Waals surface area (Å²) in [7, 11) is 0. The number of hydrogen-bond donors (Lipinski definition) is 0. The molecule has 21 heavy (non-hydrogen) atoms. The van der Waals surface area contributed by atoms with Crippen molar-refractivity contribution < 1.29 is 4.79 Å². The first-order valence-corrected chi connectivity index (χ1v) is 7.76. The van der Waals surface area contributed by atoms with Gasteiger partial charge >= 0.3 is 0 Å². The van der Waals surface area contributed by atoms with Crippen LogP contribution in [0.5, 0.6) is 0 Å². The highest BCUT2D eigenvalue weighted by Crippen LogP contribution is 2.26. The summed E-state index contributed by atoms with van der Waals surface area (Å²) in [6, 6.07) is 19.7. The second kappa shape index (κ2) is 8.25. The number of amides is 1. The average Bonchev–Trinajstić information content (AvgIpc) is 2.54. The third-order valence-electron chi connectivity index (χ3n) is 3.52. The highest BCUT2D eigenvalue weighted by molar-refractivity contribution is 6.00. The SMILES string of the molecule is CCCCCCC(=O)N(c1ccccc1)c1ccccc1.